The minimum absolute atomic E-state index is 0.0654. The lowest BCUT2D eigenvalue weighted by atomic mass is 10.0. The van der Waals surface area contributed by atoms with Crippen LogP contribution in [0.4, 0.5) is 0 Å². The number of hydrogen-bond acceptors (Lipinski definition) is 7. The number of halogens is 1. The molecule has 8 nitrogen and oxygen atoms in total. The molecule has 10 heteroatoms. The number of aliphatic hydroxyl groups excluding tert-OH is 1. The van der Waals surface area contributed by atoms with E-state index in [1.54, 1.807) is 12.3 Å². The molecule has 0 amide bonds. The standard InChI is InChI=1S/C26H31ClN2O6S/c1-3-33-25(12-14-30)20-5-8-22(9-6-20)35-18-19-4-10-24(27)23(16-19)21-7-11-26(28-17-21)34-15-13-29-36(2,31)32/h4-11,16-17,25,29-30H,3,12-15,18H2,1-2H3/t25-/m0/s1. The van der Waals surface area contributed by atoms with Crippen LogP contribution in [0.25, 0.3) is 11.1 Å². The molecule has 1 atom stereocenters. The Morgan fingerprint density at radius 1 is 1.08 bits per heavy atom. The summed E-state index contributed by atoms with van der Waals surface area (Å²) in [7, 11) is -3.25. The third kappa shape index (κ3) is 8.76. The highest BCUT2D eigenvalue weighted by Gasteiger charge is 2.11. The summed E-state index contributed by atoms with van der Waals surface area (Å²) in [5.74, 6) is 1.11. The van der Waals surface area contributed by atoms with E-state index >= 15 is 0 Å². The maximum Gasteiger partial charge on any atom is 0.213 e. The molecular formula is C26H31ClN2O6S. The quantitative estimate of drug-likeness (QED) is 0.296. The maximum absolute atomic E-state index is 11.1. The minimum atomic E-state index is -3.25. The summed E-state index contributed by atoms with van der Waals surface area (Å²) in [5.41, 5.74) is 3.57. The van der Waals surface area contributed by atoms with Gasteiger partial charge in [0.1, 0.15) is 19.0 Å². The Bertz CT molecular complexity index is 1200. The van der Waals surface area contributed by atoms with E-state index < -0.39 is 10.0 Å². The predicted molar refractivity (Wildman–Crippen MR) is 140 cm³/mol. The van der Waals surface area contributed by atoms with Crippen molar-refractivity contribution >= 4 is 21.6 Å². The van der Waals surface area contributed by atoms with E-state index in [0.29, 0.717) is 30.5 Å². The van der Waals surface area contributed by atoms with Crippen molar-refractivity contribution in [3.63, 3.8) is 0 Å². The molecule has 1 heterocycles. The van der Waals surface area contributed by atoms with Crippen LogP contribution >= 0.6 is 11.6 Å². The first-order chi connectivity index (χ1) is 17.3. The number of pyridine rings is 1. The van der Waals surface area contributed by atoms with Gasteiger partial charge in [-0.1, -0.05) is 29.8 Å². The van der Waals surface area contributed by atoms with Gasteiger partial charge in [-0.3, -0.25) is 0 Å². The number of benzene rings is 2. The fourth-order valence-corrected chi connectivity index (χ4v) is 4.18. The molecule has 194 valence electrons. The van der Waals surface area contributed by atoms with Gasteiger partial charge in [-0.15, -0.1) is 0 Å². The molecule has 0 unspecified atom stereocenters. The van der Waals surface area contributed by atoms with E-state index in [4.69, 9.17) is 25.8 Å². The second kappa shape index (κ2) is 13.6. The summed E-state index contributed by atoms with van der Waals surface area (Å²) in [5, 5.41) is 9.84. The van der Waals surface area contributed by atoms with Gasteiger partial charge in [0.05, 0.1) is 12.4 Å². The highest BCUT2D eigenvalue weighted by molar-refractivity contribution is 7.88. The van der Waals surface area contributed by atoms with Crippen LogP contribution in [0.5, 0.6) is 11.6 Å². The average molecular weight is 535 g/mol. The van der Waals surface area contributed by atoms with Crippen molar-refractivity contribution in [1.29, 1.82) is 0 Å². The Hall–Kier alpha value is -2.69. The zero-order valence-corrected chi connectivity index (χ0v) is 21.9. The number of aromatic nitrogens is 1. The van der Waals surface area contributed by atoms with E-state index in [1.807, 2.05) is 55.5 Å². The molecule has 0 spiro atoms. The number of sulfonamides is 1. The van der Waals surface area contributed by atoms with E-state index in [9.17, 15) is 13.5 Å². The summed E-state index contributed by atoms with van der Waals surface area (Å²) in [6.07, 6.45) is 3.16. The van der Waals surface area contributed by atoms with Crippen LogP contribution in [0.3, 0.4) is 0 Å². The fourth-order valence-electron chi connectivity index (χ4n) is 3.50. The van der Waals surface area contributed by atoms with Gasteiger partial charge < -0.3 is 19.3 Å². The van der Waals surface area contributed by atoms with Crippen molar-refractivity contribution in [2.24, 2.45) is 0 Å². The van der Waals surface area contributed by atoms with Crippen molar-refractivity contribution in [3.8, 4) is 22.8 Å². The molecular weight excluding hydrogens is 504 g/mol. The van der Waals surface area contributed by atoms with E-state index in [0.717, 1.165) is 34.3 Å². The molecule has 2 N–H and O–H groups in total. The number of nitrogens with one attached hydrogen (secondary N) is 1. The molecule has 36 heavy (non-hydrogen) atoms. The van der Waals surface area contributed by atoms with Crippen LogP contribution in [-0.2, 0) is 21.4 Å². The summed E-state index contributed by atoms with van der Waals surface area (Å²) in [6, 6.07) is 16.9. The normalized spacial score (nSPS) is 12.3. The van der Waals surface area contributed by atoms with Gasteiger partial charge in [-0.25, -0.2) is 18.1 Å². The van der Waals surface area contributed by atoms with Gasteiger partial charge in [-0.05, 0) is 48.4 Å². The van der Waals surface area contributed by atoms with Gasteiger partial charge in [0, 0.05) is 54.6 Å². The van der Waals surface area contributed by atoms with Crippen molar-refractivity contribution in [1.82, 2.24) is 9.71 Å². The summed E-state index contributed by atoms with van der Waals surface area (Å²) < 4.78 is 41.7. The summed E-state index contributed by atoms with van der Waals surface area (Å²) in [4.78, 5) is 4.29. The molecule has 3 aromatic rings. The summed E-state index contributed by atoms with van der Waals surface area (Å²) in [6.45, 7) is 3.27. The first kappa shape index (κ1) is 27.9. The van der Waals surface area contributed by atoms with Gasteiger partial charge in [0.15, 0.2) is 0 Å². The zero-order chi connectivity index (χ0) is 26.0. The average Bonchev–Trinajstić information content (AvgIpc) is 2.86. The number of ether oxygens (including phenoxy) is 3. The van der Waals surface area contributed by atoms with Crippen LogP contribution in [0.2, 0.25) is 5.02 Å². The molecule has 1 aromatic heterocycles. The molecule has 3 rings (SSSR count). The Morgan fingerprint density at radius 3 is 2.50 bits per heavy atom. The SMILES string of the molecule is CCO[C@@H](CCO)c1ccc(OCc2ccc(Cl)c(-c3ccc(OCCNS(C)(=O)=O)nc3)c2)cc1. The van der Waals surface area contributed by atoms with Crippen molar-refractivity contribution in [2.45, 2.75) is 26.1 Å². The third-order valence-electron chi connectivity index (χ3n) is 5.21. The predicted octanol–water partition coefficient (Wildman–Crippen LogP) is 4.37. The van der Waals surface area contributed by atoms with Crippen LogP contribution in [-0.4, -0.2) is 51.1 Å². The number of aliphatic hydroxyl groups is 1. The largest absolute Gasteiger partial charge is 0.489 e. The molecule has 0 aliphatic heterocycles. The Morgan fingerprint density at radius 2 is 1.86 bits per heavy atom. The third-order valence-corrected chi connectivity index (χ3v) is 6.27. The first-order valence-electron chi connectivity index (χ1n) is 11.6. The summed E-state index contributed by atoms with van der Waals surface area (Å²) >= 11 is 6.44. The van der Waals surface area contributed by atoms with E-state index in [2.05, 4.69) is 9.71 Å². The topological polar surface area (TPSA) is 107 Å². The molecule has 0 bridgehead atoms. The van der Waals surface area contributed by atoms with Crippen LogP contribution in [0, 0.1) is 0 Å². The Labute approximate surface area is 217 Å². The molecule has 0 aliphatic rings. The van der Waals surface area contributed by atoms with Crippen LogP contribution in [0.1, 0.15) is 30.6 Å². The zero-order valence-electron chi connectivity index (χ0n) is 20.3. The lowest BCUT2D eigenvalue weighted by Gasteiger charge is -2.17. The lowest BCUT2D eigenvalue weighted by Crippen LogP contribution is -2.26. The lowest BCUT2D eigenvalue weighted by molar-refractivity contribution is 0.0431. The molecule has 0 saturated heterocycles. The number of hydrogen-bond donors (Lipinski definition) is 2. The van der Waals surface area contributed by atoms with Gasteiger partial charge in [0.2, 0.25) is 15.9 Å². The van der Waals surface area contributed by atoms with Gasteiger partial charge in [-0.2, -0.15) is 0 Å². The molecule has 0 radical (unpaired) electrons. The Balaban J connectivity index is 1.60. The van der Waals surface area contributed by atoms with Crippen molar-refractivity contribution in [2.75, 3.05) is 32.6 Å². The van der Waals surface area contributed by atoms with Crippen molar-refractivity contribution < 1.29 is 27.7 Å². The second-order valence-corrected chi connectivity index (χ2v) is 10.3. The monoisotopic (exact) mass is 534 g/mol. The van der Waals surface area contributed by atoms with Crippen LogP contribution in [0.15, 0.2) is 60.8 Å². The second-order valence-electron chi connectivity index (χ2n) is 8.03. The smallest absolute Gasteiger partial charge is 0.213 e. The highest BCUT2D eigenvalue weighted by Crippen LogP contribution is 2.30. The van der Waals surface area contributed by atoms with Gasteiger partial charge >= 0.3 is 0 Å². The fraction of sp³-hybridized carbons (Fsp3) is 0.346. The molecule has 0 saturated carbocycles. The minimum Gasteiger partial charge on any atom is -0.489 e. The Kier molecular flexibility index (Phi) is 10.5. The van der Waals surface area contributed by atoms with E-state index in [1.165, 1.54) is 0 Å². The number of rotatable bonds is 14. The van der Waals surface area contributed by atoms with Crippen LogP contribution < -0.4 is 14.2 Å². The number of nitrogens with zero attached hydrogens (tertiary/aromatic N) is 1. The molecule has 2 aromatic carbocycles. The maximum atomic E-state index is 11.1. The highest BCUT2D eigenvalue weighted by atomic mass is 35.5. The molecule has 0 fully saturated rings. The first-order valence-corrected chi connectivity index (χ1v) is 13.8. The molecule has 0 aliphatic carbocycles. The van der Waals surface area contributed by atoms with Gasteiger partial charge in [0.25, 0.3) is 0 Å². The van der Waals surface area contributed by atoms with E-state index in [-0.39, 0.29) is 25.9 Å². The van der Waals surface area contributed by atoms with Crippen molar-refractivity contribution in [3.05, 3.63) is 76.9 Å².